The maximum atomic E-state index is 4.61. The molecule has 0 atom stereocenters. The molecule has 0 aliphatic carbocycles. The van der Waals surface area contributed by atoms with Gasteiger partial charge < -0.3 is 5.32 Å². The molecule has 0 radical (unpaired) electrons. The van der Waals surface area contributed by atoms with E-state index in [1.807, 2.05) is 0 Å². The number of nitrogens with one attached hydrogen (secondary N) is 1. The highest BCUT2D eigenvalue weighted by Gasteiger charge is 2.04. The Bertz CT molecular complexity index is 305. The molecule has 0 aliphatic heterocycles. The van der Waals surface area contributed by atoms with E-state index >= 15 is 0 Å². The van der Waals surface area contributed by atoms with Crippen LogP contribution in [0.2, 0.25) is 0 Å². The molecule has 0 amide bonds. The smallest absolute Gasteiger partial charge is 0.0432 e. The van der Waals surface area contributed by atoms with Gasteiger partial charge in [-0.25, -0.2) is 0 Å². The van der Waals surface area contributed by atoms with E-state index in [0.29, 0.717) is 5.92 Å². The Morgan fingerprint density at radius 1 is 1.33 bits per heavy atom. The fourth-order valence-electron chi connectivity index (χ4n) is 1.52. The van der Waals surface area contributed by atoms with Crippen molar-refractivity contribution >= 4 is 0 Å². The number of rotatable bonds is 5. The number of aryl methyl sites for hydroxylation is 1. The number of aromatic nitrogens is 1. The van der Waals surface area contributed by atoms with E-state index in [0.717, 1.165) is 18.8 Å². The molecule has 15 heavy (non-hydrogen) atoms. The van der Waals surface area contributed by atoms with Crippen LogP contribution in [0.15, 0.2) is 12.1 Å². The largest absolute Gasteiger partial charge is 0.313 e. The lowest BCUT2D eigenvalue weighted by molar-refractivity contribution is 0.669. The fraction of sp³-hybridized carbons (Fsp3) is 0.615. The lowest BCUT2D eigenvalue weighted by atomic mass is 10.1. The van der Waals surface area contributed by atoms with Crippen molar-refractivity contribution in [1.82, 2.24) is 10.3 Å². The highest BCUT2D eigenvalue weighted by atomic mass is 14.9. The van der Waals surface area contributed by atoms with Crippen molar-refractivity contribution in [3.63, 3.8) is 0 Å². The Balaban J connectivity index is 2.66. The summed E-state index contributed by atoms with van der Waals surface area (Å²) in [5, 5.41) is 3.40. The predicted octanol–water partition coefficient (Wildman–Crippen LogP) is 3.01. The third-order valence-electron chi connectivity index (χ3n) is 2.55. The molecule has 0 aliphatic rings. The minimum absolute atomic E-state index is 0.515. The molecule has 1 aromatic rings. The molecule has 0 fully saturated rings. The monoisotopic (exact) mass is 206 g/mol. The second kappa shape index (κ2) is 5.86. The summed E-state index contributed by atoms with van der Waals surface area (Å²) in [6.45, 7) is 10.6. The quantitative estimate of drug-likeness (QED) is 0.749. The van der Waals surface area contributed by atoms with Crippen LogP contribution < -0.4 is 5.32 Å². The van der Waals surface area contributed by atoms with E-state index in [-0.39, 0.29) is 0 Å². The van der Waals surface area contributed by atoms with Crippen LogP contribution in [0.5, 0.6) is 0 Å². The van der Waals surface area contributed by atoms with Crippen LogP contribution in [0.25, 0.3) is 0 Å². The summed E-state index contributed by atoms with van der Waals surface area (Å²) in [7, 11) is 0. The Morgan fingerprint density at radius 2 is 2.07 bits per heavy atom. The summed E-state index contributed by atoms with van der Waals surface area (Å²) in [5.41, 5.74) is 3.66. The average molecular weight is 206 g/mol. The fourth-order valence-corrected chi connectivity index (χ4v) is 1.52. The average Bonchev–Trinajstić information content (AvgIpc) is 2.20. The van der Waals surface area contributed by atoms with Gasteiger partial charge in [0.25, 0.3) is 0 Å². The van der Waals surface area contributed by atoms with Crippen LogP contribution in [0, 0.1) is 6.92 Å². The summed E-state index contributed by atoms with van der Waals surface area (Å²) in [4.78, 5) is 4.61. The van der Waals surface area contributed by atoms with Gasteiger partial charge in [0.05, 0.1) is 0 Å². The summed E-state index contributed by atoms with van der Waals surface area (Å²) < 4.78 is 0. The van der Waals surface area contributed by atoms with Gasteiger partial charge in [0, 0.05) is 17.9 Å². The molecule has 2 nitrogen and oxygen atoms in total. The van der Waals surface area contributed by atoms with E-state index in [1.54, 1.807) is 0 Å². The van der Waals surface area contributed by atoms with Gasteiger partial charge in [-0.15, -0.1) is 0 Å². The highest BCUT2D eigenvalue weighted by molar-refractivity contribution is 5.23. The second-order valence-corrected chi connectivity index (χ2v) is 4.31. The molecule has 0 saturated carbocycles. The molecule has 0 saturated heterocycles. The first-order chi connectivity index (χ1) is 7.15. The van der Waals surface area contributed by atoms with Crippen molar-refractivity contribution in [2.24, 2.45) is 0 Å². The van der Waals surface area contributed by atoms with Crippen LogP contribution in [0.4, 0.5) is 0 Å². The molecule has 0 unspecified atom stereocenters. The summed E-state index contributed by atoms with van der Waals surface area (Å²) in [6.07, 6.45) is 1.18. The standard InChI is InChI=1S/C13H22N2/c1-5-8-14-9-12-6-7-13(10(2)3)15-11(12)4/h6-7,10,14H,5,8-9H2,1-4H3. The Hall–Kier alpha value is -0.890. The molecular formula is C13H22N2. The first-order valence-corrected chi connectivity index (χ1v) is 5.82. The number of pyridine rings is 1. The molecule has 1 aromatic heterocycles. The van der Waals surface area contributed by atoms with Crippen molar-refractivity contribution in [3.05, 3.63) is 29.1 Å². The van der Waals surface area contributed by atoms with E-state index in [9.17, 15) is 0 Å². The Kier molecular flexibility index (Phi) is 4.76. The molecule has 2 heteroatoms. The first-order valence-electron chi connectivity index (χ1n) is 5.82. The molecule has 84 valence electrons. The summed E-state index contributed by atoms with van der Waals surface area (Å²) >= 11 is 0. The van der Waals surface area contributed by atoms with E-state index in [4.69, 9.17) is 0 Å². The van der Waals surface area contributed by atoms with Gasteiger partial charge in [-0.1, -0.05) is 26.8 Å². The van der Waals surface area contributed by atoms with Gasteiger partial charge >= 0.3 is 0 Å². The molecule has 1 heterocycles. The first kappa shape index (κ1) is 12.2. The minimum atomic E-state index is 0.515. The molecule has 1 rings (SSSR count). The van der Waals surface area contributed by atoms with Crippen LogP contribution in [-0.2, 0) is 6.54 Å². The van der Waals surface area contributed by atoms with E-state index in [1.165, 1.54) is 17.7 Å². The highest BCUT2D eigenvalue weighted by Crippen LogP contribution is 2.14. The minimum Gasteiger partial charge on any atom is -0.313 e. The van der Waals surface area contributed by atoms with Crippen molar-refractivity contribution in [2.45, 2.75) is 46.6 Å². The van der Waals surface area contributed by atoms with Crippen molar-refractivity contribution in [2.75, 3.05) is 6.54 Å². The zero-order valence-electron chi connectivity index (χ0n) is 10.3. The van der Waals surface area contributed by atoms with E-state index in [2.05, 4.69) is 50.1 Å². The van der Waals surface area contributed by atoms with Crippen molar-refractivity contribution in [3.8, 4) is 0 Å². The van der Waals surface area contributed by atoms with E-state index < -0.39 is 0 Å². The Labute approximate surface area is 93.1 Å². The third kappa shape index (κ3) is 3.63. The Morgan fingerprint density at radius 3 is 2.60 bits per heavy atom. The van der Waals surface area contributed by atoms with Gasteiger partial charge in [0.15, 0.2) is 0 Å². The number of nitrogens with zero attached hydrogens (tertiary/aromatic N) is 1. The van der Waals surface area contributed by atoms with Crippen LogP contribution in [0.3, 0.4) is 0 Å². The van der Waals surface area contributed by atoms with Crippen LogP contribution in [0.1, 0.15) is 50.1 Å². The molecule has 0 bridgehead atoms. The summed E-state index contributed by atoms with van der Waals surface area (Å²) in [6, 6.07) is 4.33. The van der Waals surface area contributed by atoms with Gasteiger partial charge in [-0.3, -0.25) is 4.98 Å². The lowest BCUT2D eigenvalue weighted by Gasteiger charge is -2.10. The lowest BCUT2D eigenvalue weighted by Crippen LogP contribution is -2.15. The zero-order valence-corrected chi connectivity index (χ0v) is 10.3. The van der Waals surface area contributed by atoms with Gasteiger partial charge in [-0.2, -0.15) is 0 Å². The second-order valence-electron chi connectivity index (χ2n) is 4.31. The maximum absolute atomic E-state index is 4.61. The molecule has 0 aromatic carbocycles. The number of hydrogen-bond acceptors (Lipinski definition) is 2. The zero-order chi connectivity index (χ0) is 11.3. The normalized spacial score (nSPS) is 11.0. The van der Waals surface area contributed by atoms with Crippen molar-refractivity contribution in [1.29, 1.82) is 0 Å². The predicted molar refractivity (Wildman–Crippen MR) is 65.1 cm³/mol. The van der Waals surface area contributed by atoms with Crippen LogP contribution in [-0.4, -0.2) is 11.5 Å². The van der Waals surface area contributed by atoms with Gasteiger partial charge in [-0.05, 0) is 37.4 Å². The maximum Gasteiger partial charge on any atom is 0.0432 e. The summed E-state index contributed by atoms with van der Waals surface area (Å²) in [5.74, 6) is 0.515. The molecule has 1 N–H and O–H groups in total. The number of hydrogen-bond donors (Lipinski definition) is 1. The molecule has 0 spiro atoms. The molecular weight excluding hydrogens is 184 g/mol. The van der Waals surface area contributed by atoms with Gasteiger partial charge in [0.2, 0.25) is 0 Å². The van der Waals surface area contributed by atoms with Crippen molar-refractivity contribution < 1.29 is 0 Å². The van der Waals surface area contributed by atoms with Gasteiger partial charge in [0.1, 0.15) is 0 Å². The topological polar surface area (TPSA) is 24.9 Å². The SMILES string of the molecule is CCCNCc1ccc(C(C)C)nc1C. The van der Waals surface area contributed by atoms with Crippen LogP contribution >= 0.6 is 0 Å². The third-order valence-corrected chi connectivity index (χ3v) is 2.55.